The van der Waals surface area contributed by atoms with Crippen LogP contribution >= 0.6 is 0 Å². The molecule has 1 atom stereocenters. The molecule has 3 rings (SSSR count). The molecule has 0 bridgehead atoms. The molecule has 1 aliphatic rings. The van der Waals surface area contributed by atoms with E-state index in [9.17, 15) is 22.8 Å². The Morgan fingerprint density at radius 3 is 2.29 bits per heavy atom. The van der Waals surface area contributed by atoms with Gasteiger partial charge in [-0.05, 0) is 57.2 Å². The molecule has 3 amide bonds. The van der Waals surface area contributed by atoms with E-state index in [0.717, 1.165) is 4.31 Å². The predicted molar refractivity (Wildman–Crippen MR) is 130 cm³/mol. The molecule has 2 aromatic carbocycles. The highest BCUT2D eigenvalue weighted by Gasteiger charge is 2.32. The summed E-state index contributed by atoms with van der Waals surface area (Å²) >= 11 is 0. The monoisotopic (exact) mass is 486 g/mol. The average molecular weight is 487 g/mol. The average Bonchev–Trinajstić information content (AvgIpc) is 2.93. The molecule has 0 saturated carbocycles. The zero-order chi connectivity index (χ0) is 25.0. The van der Waals surface area contributed by atoms with Crippen molar-refractivity contribution in [2.24, 2.45) is 0 Å². The van der Waals surface area contributed by atoms with E-state index in [-0.39, 0.29) is 23.1 Å². The quantitative estimate of drug-likeness (QED) is 0.647. The van der Waals surface area contributed by atoms with Crippen molar-refractivity contribution < 1.29 is 22.8 Å². The fourth-order valence-corrected chi connectivity index (χ4v) is 5.08. The van der Waals surface area contributed by atoms with Crippen LogP contribution < -0.4 is 10.2 Å². The Kier molecular flexibility index (Phi) is 7.73. The van der Waals surface area contributed by atoms with E-state index in [4.69, 9.17) is 0 Å². The van der Waals surface area contributed by atoms with Gasteiger partial charge in [0.25, 0.3) is 5.91 Å². The van der Waals surface area contributed by atoms with Crippen molar-refractivity contribution in [2.45, 2.75) is 38.1 Å². The Hall–Kier alpha value is -3.24. The summed E-state index contributed by atoms with van der Waals surface area (Å²) in [5, 5.41) is 2.78. The summed E-state index contributed by atoms with van der Waals surface area (Å²) in [7, 11) is -2.65. The lowest BCUT2D eigenvalue weighted by Gasteiger charge is -2.29. The number of likely N-dealkylation sites (N-methyl/N-ethyl adjacent to an activating group) is 1. The van der Waals surface area contributed by atoms with Crippen LogP contribution in [-0.2, 0) is 19.6 Å². The topological polar surface area (TPSA) is 107 Å². The van der Waals surface area contributed by atoms with Crippen LogP contribution in [0.1, 0.15) is 37.6 Å². The lowest BCUT2D eigenvalue weighted by molar-refractivity contribution is -0.119. The molecule has 1 heterocycles. The van der Waals surface area contributed by atoms with Gasteiger partial charge in [0.05, 0.1) is 22.8 Å². The zero-order valence-electron chi connectivity index (χ0n) is 19.8. The van der Waals surface area contributed by atoms with Gasteiger partial charge in [-0.25, -0.2) is 8.42 Å². The normalized spacial score (nSPS) is 16.0. The number of carbonyl (C=O) groups excluding carboxylic acids is 3. The molecule has 9 nitrogen and oxygen atoms in total. The summed E-state index contributed by atoms with van der Waals surface area (Å²) in [5.41, 5.74) is 1.42. The van der Waals surface area contributed by atoms with E-state index >= 15 is 0 Å². The van der Waals surface area contributed by atoms with Crippen LogP contribution in [0.15, 0.2) is 53.4 Å². The number of nitrogens with zero attached hydrogens (tertiary/aromatic N) is 3. The van der Waals surface area contributed by atoms with Crippen LogP contribution in [-0.4, -0.2) is 68.1 Å². The molecule has 0 saturated heterocycles. The Bertz CT molecular complexity index is 1180. The van der Waals surface area contributed by atoms with Gasteiger partial charge in [-0.15, -0.1) is 0 Å². The van der Waals surface area contributed by atoms with E-state index in [2.05, 4.69) is 5.32 Å². The second-order valence-electron chi connectivity index (χ2n) is 8.15. The number of carbonyl (C=O) groups is 3. The highest BCUT2D eigenvalue weighted by Crippen LogP contribution is 2.31. The second-order valence-corrected chi connectivity index (χ2v) is 10.2. The SMILES string of the molecule is CCN(CC)C(=O)c1ccc(S(=O)(=O)N(C)CC(=O)N2c3ccccc3NC(=O)CC2C)cc1. The lowest BCUT2D eigenvalue weighted by Crippen LogP contribution is -2.45. The van der Waals surface area contributed by atoms with Gasteiger partial charge in [-0.3, -0.25) is 14.4 Å². The number of anilines is 2. The van der Waals surface area contributed by atoms with Gasteiger partial charge < -0.3 is 15.1 Å². The smallest absolute Gasteiger partial charge is 0.253 e. The fourth-order valence-electron chi connectivity index (χ4n) is 3.96. The first-order chi connectivity index (χ1) is 16.1. The molecule has 34 heavy (non-hydrogen) atoms. The Morgan fingerprint density at radius 1 is 1.06 bits per heavy atom. The minimum absolute atomic E-state index is 0.0138. The number of hydrogen-bond donors (Lipinski definition) is 1. The number of sulfonamides is 1. The summed E-state index contributed by atoms with van der Waals surface area (Å²) in [5.74, 6) is -0.833. The number of hydrogen-bond acceptors (Lipinski definition) is 5. The number of fused-ring (bicyclic) bond motifs is 1. The van der Waals surface area contributed by atoms with Gasteiger partial charge in [0, 0.05) is 38.2 Å². The fraction of sp³-hybridized carbons (Fsp3) is 0.375. The Labute approximate surface area is 200 Å². The molecular formula is C24H30N4O5S. The summed E-state index contributed by atoms with van der Waals surface area (Å²) in [6, 6.07) is 12.2. The number of rotatable bonds is 7. The predicted octanol–water partition coefficient (Wildman–Crippen LogP) is 2.55. The van der Waals surface area contributed by atoms with Crippen LogP contribution in [0.4, 0.5) is 11.4 Å². The van der Waals surface area contributed by atoms with Crippen molar-refractivity contribution in [3.8, 4) is 0 Å². The highest BCUT2D eigenvalue weighted by atomic mass is 32.2. The van der Waals surface area contributed by atoms with Crippen molar-refractivity contribution in [1.82, 2.24) is 9.21 Å². The van der Waals surface area contributed by atoms with Crippen LogP contribution in [0.3, 0.4) is 0 Å². The van der Waals surface area contributed by atoms with Crippen LogP contribution in [0.5, 0.6) is 0 Å². The maximum Gasteiger partial charge on any atom is 0.253 e. The molecule has 1 aliphatic heterocycles. The van der Waals surface area contributed by atoms with Gasteiger partial charge in [0.1, 0.15) is 0 Å². The van der Waals surface area contributed by atoms with Gasteiger partial charge in [-0.1, -0.05) is 12.1 Å². The minimum Gasteiger partial charge on any atom is -0.339 e. The molecule has 0 aliphatic carbocycles. The van der Waals surface area contributed by atoms with Crippen molar-refractivity contribution in [2.75, 3.05) is 36.9 Å². The molecular weight excluding hydrogens is 456 g/mol. The number of nitrogens with one attached hydrogen (secondary N) is 1. The Balaban J connectivity index is 1.80. The molecule has 0 aromatic heterocycles. The second kappa shape index (κ2) is 10.4. The summed E-state index contributed by atoms with van der Waals surface area (Å²) < 4.78 is 27.2. The van der Waals surface area contributed by atoms with Gasteiger partial charge >= 0.3 is 0 Å². The molecule has 0 fully saturated rings. The molecule has 0 spiro atoms. The van der Waals surface area contributed by atoms with E-state index in [1.165, 1.54) is 36.2 Å². The Morgan fingerprint density at radius 2 is 1.68 bits per heavy atom. The third-order valence-electron chi connectivity index (χ3n) is 5.85. The molecule has 1 N–H and O–H groups in total. The molecule has 10 heteroatoms. The minimum atomic E-state index is -3.98. The summed E-state index contributed by atoms with van der Waals surface area (Å²) in [4.78, 5) is 41.0. The molecule has 2 aromatic rings. The van der Waals surface area contributed by atoms with E-state index in [1.54, 1.807) is 36.1 Å². The first-order valence-corrected chi connectivity index (χ1v) is 12.6. The van der Waals surface area contributed by atoms with Gasteiger partial charge in [-0.2, -0.15) is 4.31 Å². The number of amides is 3. The van der Waals surface area contributed by atoms with Crippen molar-refractivity contribution in [1.29, 1.82) is 0 Å². The van der Waals surface area contributed by atoms with Crippen molar-refractivity contribution in [3.05, 3.63) is 54.1 Å². The first-order valence-electron chi connectivity index (χ1n) is 11.2. The van der Waals surface area contributed by atoms with Crippen molar-refractivity contribution >= 4 is 39.1 Å². The third-order valence-corrected chi connectivity index (χ3v) is 7.66. The maximum atomic E-state index is 13.2. The van der Waals surface area contributed by atoms with E-state index in [0.29, 0.717) is 30.0 Å². The zero-order valence-corrected chi connectivity index (χ0v) is 20.6. The lowest BCUT2D eigenvalue weighted by atomic mass is 10.1. The van der Waals surface area contributed by atoms with E-state index < -0.39 is 28.5 Å². The molecule has 182 valence electrons. The first kappa shape index (κ1) is 25.4. The van der Waals surface area contributed by atoms with Crippen LogP contribution in [0.25, 0.3) is 0 Å². The number of benzene rings is 2. The summed E-state index contributed by atoms with van der Waals surface area (Å²) in [6.07, 6.45) is 0.0961. The maximum absolute atomic E-state index is 13.2. The largest absolute Gasteiger partial charge is 0.339 e. The standard InChI is InChI=1S/C24H30N4O5S/c1-5-27(6-2)24(31)18-11-13-19(14-12-18)34(32,33)26(4)16-23(30)28-17(3)15-22(29)25-20-9-7-8-10-21(20)28/h7-14,17H,5-6,15-16H2,1-4H3,(H,25,29). The summed E-state index contributed by atoms with van der Waals surface area (Å²) in [6.45, 7) is 6.21. The van der Waals surface area contributed by atoms with Gasteiger partial charge in [0.15, 0.2) is 0 Å². The molecule has 1 unspecified atom stereocenters. The van der Waals surface area contributed by atoms with Crippen LogP contribution in [0.2, 0.25) is 0 Å². The van der Waals surface area contributed by atoms with Crippen molar-refractivity contribution in [3.63, 3.8) is 0 Å². The van der Waals surface area contributed by atoms with Crippen LogP contribution in [0, 0.1) is 0 Å². The van der Waals surface area contributed by atoms with Gasteiger partial charge in [0.2, 0.25) is 21.8 Å². The van der Waals surface area contributed by atoms with E-state index in [1.807, 2.05) is 13.8 Å². The highest BCUT2D eigenvalue weighted by molar-refractivity contribution is 7.89. The molecule has 0 radical (unpaired) electrons. The third kappa shape index (κ3) is 5.13. The number of para-hydroxylation sites is 2.